The number of aromatic nitrogens is 1. The third kappa shape index (κ3) is 4.64. The van der Waals surface area contributed by atoms with Crippen molar-refractivity contribution in [1.29, 1.82) is 0 Å². The smallest absolute Gasteiger partial charge is 0.263 e. The molecule has 2 aromatic carbocycles. The van der Waals surface area contributed by atoms with Crippen LogP contribution in [0.1, 0.15) is 18.7 Å². The van der Waals surface area contributed by atoms with Gasteiger partial charge in [0.05, 0.1) is 22.4 Å². The van der Waals surface area contributed by atoms with Crippen LogP contribution in [-0.2, 0) is 14.8 Å². The fourth-order valence-electron chi connectivity index (χ4n) is 3.08. The van der Waals surface area contributed by atoms with Gasteiger partial charge in [-0.1, -0.05) is 0 Å². The summed E-state index contributed by atoms with van der Waals surface area (Å²) in [5.41, 5.74) is 1.94. The van der Waals surface area contributed by atoms with E-state index in [1.165, 1.54) is 23.5 Å². The normalized spacial score (nSPS) is 13.4. The van der Waals surface area contributed by atoms with Crippen LogP contribution in [0.3, 0.4) is 0 Å². The number of anilines is 2. The first-order valence-corrected chi connectivity index (χ1v) is 11.9. The number of hydrogen-bond donors (Lipinski definition) is 2. The van der Waals surface area contributed by atoms with Crippen LogP contribution in [0.5, 0.6) is 11.5 Å². The molecule has 0 aliphatic carbocycles. The largest absolute Gasteiger partial charge is 0.491 e. The lowest BCUT2D eigenvalue weighted by atomic mass is 10.1. The molecule has 1 aliphatic heterocycles. The number of nitrogens with zero attached hydrogens (tertiary/aromatic N) is 1. The van der Waals surface area contributed by atoms with Crippen molar-refractivity contribution < 1.29 is 22.7 Å². The monoisotopic (exact) mass is 459 g/mol. The van der Waals surface area contributed by atoms with E-state index in [4.69, 9.17) is 9.47 Å². The summed E-state index contributed by atoms with van der Waals surface area (Å²) in [6, 6.07) is 11.6. The lowest BCUT2D eigenvalue weighted by Gasteiger charge is -2.18. The van der Waals surface area contributed by atoms with E-state index in [0.29, 0.717) is 22.9 Å². The first-order valence-electron chi connectivity index (χ1n) is 9.55. The van der Waals surface area contributed by atoms with E-state index >= 15 is 0 Å². The zero-order valence-corrected chi connectivity index (χ0v) is 18.8. The second kappa shape index (κ2) is 8.20. The van der Waals surface area contributed by atoms with Crippen molar-refractivity contribution in [2.24, 2.45) is 0 Å². The van der Waals surface area contributed by atoms with Gasteiger partial charge in [0.2, 0.25) is 0 Å². The molecule has 1 aliphatic rings. The first kappa shape index (κ1) is 21.1. The molecule has 0 unspecified atom stereocenters. The van der Waals surface area contributed by atoms with E-state index in [1.54, 1.807) is 24.3 Å². The van der Waals surface area contributed by atoms with Crippen LogP contribution in [0.2, 0.25) is 0 Å². The molecule has 0 saturated heterocycles. The molecular formula is C21H21N3O5S2. The second-order valence-electron chi connectivity index (χ2n) is 7.22. The Hall–Kier alpha value is -3.11. The number of hydrogen-bond acceptors (Lipinski definition) is 7. The molecule has 1 amide bonds. The lowest BCUT2D eigenvalue weighted by Crippen LogP contribution is -2.25. The second-order valence-corrected chi connectivity index (χ2v) is 10.1. The van der Waals surface area contributed by atoms with Crippen LogP contribution in [-0.4, -0.2) is 32.0 Å². The molecule has 8 nitrogen and oxygen atoms in total. The highest BCUT2D eigenvalue weighted by molar-refractivity contribution is 7.93. The topological polar surface area (TPSA) is 107 Å². The van der Waals surface area contributed by atoms with Gasteiger partial charge in [-0.25, -0.2) is 13.4 Å². The van der Waals surface area contributed by atoms with Gasteiger partial charge in [0.1, 0.15) is 11.5 Å². The number of amides is 1. The molecule has 2 N–H and O–H groups in total. The molecular weight excluding hydrogens is 438 g/mol. The highest BCUT2D eigenvalue weighted by atomic mass is 32.2. The van der Waals surface area contributed by atoms with Crippen molar-refractivity contribution >= 4 is 38.1 Å². The number of carbonyl (C=O) groups excluding carboxylic acids is 1. The van der Waals surface area contributed by atoms with Gasteiger partial charge in [-0.2, -0.15) is 0 Å². The Morgan fingerprint density at radius 3 is 2.65 bits per heavy atom. The Kier molecular flexibility index (Phi) is 5.59. The summed E-state index contributed by atoms with van der Waals surface area (Å²) in [6.07, 6.45) is 0.000717. The average molecular weight is 460 g/mol. The van der Waals surface area contributed by atoms with Crippen molar-refractivity contribution in [2.45, 2.75) is 31.8 Å². The van der Waals surface area contributed by atoms with Crippen LogP contribution in [0.25, 0.3) is 11.3 Å². The minimum absolute atomic E-state index is 0.000717. The summed E-state index contributed by atoms with van der Waals surface area (Å²) in [4.78, 5) is 17.0. The predicted octanol–water partition coefficient (Wildman–Crippen LogP) is 4.04. The summed E-state index contributed by atoms with van der Waals surface area (Å²) in [5.74, 6) is 0.963. The third-order valence-corrected chi connectivity index (χ3v) is 6.78. The van der Waals surface area contributed by atoms with Crippen LogP contribution in [0.15, 0.2) is 47.4 Å². The number of ether oxygens (including phenoxy) is 2. The average Bonchev–Trinajstić information content (AvgIpc) is 3.06. The number of fused-ring (bicyclic) bond motifs is 1. The van der Waals surface area contributed by atoms with Gasteiger partial charge in [0, 0.05) is 10.4 Å². The van der Waals surface area contributed by atoms with Crippen molar-refractivity contribution in [3.8, 4) is 22.8 Å². The van der Waals surface area contributed by atoms with Gasteiger partial charge < -0.3 is 14.8 Å². The number of thiazole rings is 1. The molecule has 3 aromatic rings. The zero-order chi connectivity index (χ0) is 22.2. The van der Waals surface area contributed by atoms with Crippen molar-refractivity contribution in [2.75, 3.05) is 16.6 Å². The van der Waals surface area contributed by atoms with Crippen molar-refractivity contribution in [1.82, 2.24) is 4.98 Å². The number of aryl methyl sites for hydroxylation is 1. The molecule has 0 fully saturated rings. The fourth-order valence-corrected chi connectivity index (χ4v) is 5.15. The molecule has 162 valence electrons. The quantitative estimate of drug-likeness (QED) is 0.576. The third-order valence-electron chi connectivity index (χ3n) is 4.41. The summed E-state index contributed by atoms with van der Waals surface area (Å²) in [5, 5.41) is 3.02. The Labute approximate surface area is 184 Å². The first-order chi connectivity index (χ1) is 14.7. The van der Waals surface area contributed by atoms with Gasteiger partial charge in [-0.15, -0.1) is 11.3 Å². The number of sulfonamides is 1. The molecule has 0 bridgehead atoms. The van der Waals surface area contributed by atoms with E-state index in [-0.39, 0.29) is 28.6 Å². The molecule has 0 saturated carbocycles. The maximum Gasteiger partial charge on any atom is 0.263 e. The summed E-state index contributed by atoms with van der Waals surface area (Å²) >= 11 is 1.24. The van der Waals surface area contributed by atoms with Crippen LogP contribution >= 0.6 is 11.3 Å². The maximum absolute atomic E-state index is 12.8. The summed E-state index contributed by atoms with van der Waals surface area (Å²) in [7, 11) is -3.80. The summed E-state index contributed by atoms with van der Waals surface area (Å²) in [6.45, 7) is 5.64. The molecule has 0 radical (unpaired) electrons. The molecule has 0 atom stereocenters. The molecule has 10 heteroatoms. The Morgan fingerprint density at radius 2 is 1.94 bits per heavy atom. The molecule has 31 heavy (non-hydrogen) atoms. The van der Waals surface area contributed by atoms with Crippen LogP contribution < -0.4 is 19.5 Å². The van der Waals surface area contributed by atoms with Gasteiger partial charge in [0.25, 0.3) is 15.9 Å². The minimum Gasteiger partial charge on any atom is -0.491 e. The highest BCUT2D eigenvalue weighted by Gasteiger charge is 2.21. The number of rotatable bonds is 6. The van der Waals surface area contributed by atoms with Crippen LogP contribution in [0.4, 0.5) is 10.8 Å². The van der Waals surface area contributed by atoms with Crippen LogP contribution in [0, 0.1) is 6.92 Å². The number of carbonyl (C=O) groups is 1. The van der Waals surface area contributed by atoms with Crippen molar-refractivity contribution in [3.05, 3.63) is 47.3 Å². The van der Waals surface area contributed by atoms with Gasteiger partial charge in [-0.3, -0.25) is 9.52 Å². The predicted molar refractivity (Wildman–Crippen MR) is 119 cm³/mol. The Balaban J connectivity index is 1.56. The highest BCUT2D eigenvalue weighted by Crippen LogP contribution is 2.36. The van der Waals surface area contributed by atoms with Gasteiger partial charge in [-0.05, 0) is 63.2 Å². The SMILES string of the molecule is Cc1sc(NS(=O)(=O)c2ccc(OC(C)C)cc2)nc1-c1ccc2c(c1)NC(=O)CO2. The standard InChI is InChI=1S/C21H21N3O5S2/c1-12(2)29-15-5-7-16(8-6-15)31(26,27)24-21-23-20(13(3)30-21)14-4-9-18-17(10-14)22-19(25)11-28-18/h4-10,12H,11H2,1-3H3,(H,22,25)(H,23,24). The molecule has 1 aromatic heterocycles. The fraction of sp³-hybridized carbons (Fsp3) is 0.238. The summed E-state index contributed by atoms with van der Waals surface area (Å²) < 4.78 is 39.0. The number of benzene rings is 2. The van der Waals surface area contributed by atoms with E-state index < -0.39 is 10.0 Å². The molecule has 2 heterocycles. The van der Waals surface area contributed by atoms with Gasteiger partial charge >= 0.3 is 0 Å². The maximum atomic E-state index is 12.8. The minimum atomic E-state index is -3.80. The Bertz CT molecular complexity index is 1230. The number of nitrogens with one attached hydrogen (secondary N) is 2. The van der Waals surface area contributed by atoms with Gasteiger partial charge in [0.15, 0.2) is 11.7 Å². The molecule has 0 spiro atoms. The van der Waals surface area contributed by atoms with Crippen molar-refractivity contribution in [3.63, 3.8) is 0 Å². The van der Waals surface area contributed by atoms with E-state index in [9.17, 15) is 13.2 Å². The Morgan fingerprint density at radius 1 is 1.19 bits per heavy atom. The van der Waals surface area contributed by atoms with E-state index in [1.807, 2.05) is 26.8 Å². The zero-order valence-electron chi connectivity index (χ0n) is 17.1. The lowest BCUT2D eigenvalue weighted by molar-refractivity contribution is -0.118. The molecule has 4 rings (SSSR count). The van der Waals surface area contributed by atoms with E-state index in [2.05, 4.69) is 15.0 Å². The van der Waals surface area contributed by atoms with E-state index in [0.717, 1.165) is 10.4 Å².